The van der Waals surface area contributed by atoms with E-state index in [1.807, 2.05) is 56.1 Å². The first kappa shape index (κ1) is 16.4. The fraction of sp³-hybridized carbons (Fsp3) is 0.350. The van der Waals surface area contributed by atoms with Crippen LogP contribution in [0.2, 0.25) is 0 Å². The normalized spacial score (nSPS) is 11.3. The molecule has 0 aliphatic rings. The Hall–Kier alpha value is -2.49. The van der Waals surface area contributed by atoms with E-state index in [0.717, 1.165) is 23.5 Å². The highest BCUT2D eigenvalue weighted by atomic mass is 16.3. The molecule has 4 nitrogen and oxygen atoms in total. The van der Waals surface area contributed by atoms with Gasteiger partial charge in [0.15, 0.2) is 0 Å². The Bertz CT molecular complexity index is 829. The molecule has 2 heterocycles. The van der Waals surface area contributed by atoms with Crippen LogP contribution in [0, 0.1) is 6.92 Å². The molecular weight excluding hydrogens is 300 g/mol. The zero-order chi connectivity index (χ0) is 17.1. The van der Waals surface area contributed by atoms with Crippen molar-refractivity contribution >= 4 is 16.8 Å². The van der Waals surface area contributed by atoms with E-state index in [1.54, 1.807) is 0 Å². The second-order valence-electron chi connectivity index (χ2n) is 6.49. The van der Waals surface area contributed by atoms with Crippen LogP contribution in [0.1, 0.15) is 37.4 Å². The molecule has 4 heteroatoms. The van der Waals surface area contributed by atoms with Crippen molar-refractivity contribution < 1.29 is 9.21 Å². The second kappa shape index (κ2) is 6.95. The minimum Gasteiger partial charge on any atom is -0.464 e. The third-order valence-corrected chi connectivity index (χ3v) is 4.35. The number of nitrogens with zero attached hydrogens (tertiary/aromatic N) is 1. The summed E-state index contributed by atoms with van der Waals surface area (Å²) >= 11 is 0. The van der Waals surface area contributed by atoms with Crippen LogP contribution in [0.25, 0.3) is 10.9 Å². The van der Waals surface area contributed by atoms with Crippen molar-refractivity contribution in [2.24, 2.45) is 0 Å². The molecule has 2 aromatic heterocycles. The molecule has 0 spiro atoms. The number of hydrogen-bond donors (Lipinski definition) is 1. The Labute approximate surface area is 142 Å². The van der Waals surface area contributed by atoms with Crippen LogP contribution in [0.15, 0.2) is 47.0 Å². The molecule has 3 rings (SSSR count). The van der Waals surface area contributed by atoms with Crippen LogP contribution in [0.4, 0.5) is 0 Å². The van der Waals surface area contributed by atoms with E-state index in [0.29, 0.717) is 13.0 Å². The summed E-state index contributed by atoms with van der Waals surface area (Å²) in [5, 5.41) is 1.20. The van der Waals surface area contributed by atoms with Crippen molar-refractivity contribution in [1.82, 2.24) is 9.88 Å². The lowest BCUT2D eigenvalue weighted by atomic mass is 10.1. The number of fused-ring (bicyclic) bond motifs is 1. The van der Waals surface area contributed by atoms with Crippen LogP contribution in [0.3, 0.4) is 0 Å². The van der Waals surface area contributed by atoms with Gasteiger partial charge in [-0.15, -0.1) is 0 Å². The van der Waals surface area contributed by atoms with E-state index in [-0.39, 0.29) is 11.9 Å². The Morgan fingerprint density at radius 3 is 2.71 bits per heavy atom. The predicted octanol–water partition coefficient (Wildman–Crippen LogP) is 4.44. The lowest BCUT2D eigenvalue weighted by Gasteiger charge is -2.26. The summed E-state index contributed by atoms with van der Waals surface area (Å²) in [5.41, 5.74) is 2.31. The maximum atomic E-state index is 12.7. The topological polar surface area (TPSA) is 49.2 Å². The smallest absolute Gasteiger partial charge is 0.223 e. The molecule has 0 saturated carbocycles. The molecule has 0 fully saturated rings. The molecule has 0 aliphatic carbocycles. The number of para-hydroxylation sites is 1. The van der Waals surface area contributed by atoms with Crippen molar-refractivity contribution in [3.05, 3.63) is 59.7 Å². The number of aryl methyl sites for hydroxylation is 2. The van der Waals surface area contributed by atoms with E-state index in [4.69, 9.17) is 4.42 Å². The summed E-state index contributed by atoms with van der Waals surface area (Å²) in [6.45, 7) is 6.53. The van der Waals surface area contributed by atoms with Gasteiger partial charge in [-0.1, -0.05) is 18.2 Å². The minimum absolute atomic E-state index is 0.144. The number of aromatic amines is 1. The Kier molecular flexibility index (Phi) is 4.74. The molecule has 0 unspecified atom stereocenters. The molecule has 0 saturated heterocycles. The number of rotatable bonds is 6. The number of H-pyrrole nitrogens is 1. The molecule has 3 aromatic rings. The summed E-state index contributed by atoms with van der Waals surface area (Å²) in [6, 6.07) is 12.2. The molecule has 1 aromatic carbocycles. The maximum Gasteiger partial charge on any atom is 0.223 e. The van der Waals surface area contributed by atoms with Crippen LogP contribution in [-0.2, 0) is 17.8 Å². The summed E-state index contributed by atoms with van der Waals surface area (Å²) in [5.74, 6) is 1.87. The molecule has 0 aliphatic heterocycles. The lowest BCUT2D eigenvalue weighted by molar-refractivity contribution is -0.133. The van der Waals surface area contributed by atoms with Crippen LogP contribution >= 0.6 is 0 Å². The van der Waals surface area contributed by atoms with E-state index < -0.39 is 0 Å². The average molecular weight is 324 g/mol. The standard InChI is InChI=1S/C20H24N2O2/c1-14(2)22(13-17-10-8-15(3)24-17)20(23)11-9-16-12-21-19-7-5-4-6-18(16)19/h4-8,10,12,14,21H,9,11,13H2,1-3H3. The van der Waals surface area contributed by atoms with E-state index in [9.17, 15) is 4.79 Å². The summed E-state index contributed by atoms with van der Waals surface area (Å²) in [6.07, 6.45) is 3.25. The van der Waals surface area contributed by atoms with Gasteiger partial charge in [0.2, 0.25) is 5.91 Å². The molecule has 0 radical (unpaired) electrons. The molecule has 24 heavy (non-hydrogen) atoms. The van der Waals surface area contributed by atoms with Crippen molar-refractivity contribution in [3.8, 4) is 0 Å². The van der Waals surface area contributed by atoms with Gasteiger partial charge in [-0.2, -0.15) is 0 Å². The maximum absolute atomic E-state index is 12.7. The van der Waals surface area contributed by atoms with E-state index in [2.05, 4.69) is 17.1 Å². The van der Waals surface area contributed by atoms with Gasteiger partial charge in [0, 0.05) is 29.6 Å². The van der Waals surface area contributed by atoms with Crippen molar-refractivity contribution in [3.63, 3.8) is 0 Å². The van der Waals surface area contributed by atoms with Gasteiger partial charge in [-0.25, -0.2) is 0 Å². The Morgan fingerprint density at radius 2 is 2.00 bits per heavy atom. The van der Waals surface area contributed by atoms with Gasteiger partial charge in [0.1, 0.15) is 11.5 Å². The number of carbonyl (C=O) groups is 1. The number of furan rings is 1. The highest BCUT2D eigenvalue weighted by molar-refractivity contribution is 5.84. The number of carbonyl (C=O) groups excluding carboxylic acids is 1. The number of amides is 1. The number of hydrogen-bond acceptors (Lipinski definition) is 2. The fourth-order valence-electron chi connectivity index (χ4n) is 3.02. The number of aromatic nitrogens is 1. The molecule has 126 valence electrons. The minimum atomic E-state index is 0.144. The summed E-state index contributed by atoms with van der Waals surface area (Å²) < 4.78 is 5.62. The molecule has 1 N–H and O–H groups in total. The average Bonchev–Trinajstić information content (AvgIpc) is 3.16. The largest absolute Gasteiger partial charge is 0.464 e. The first-order valence-electron chi connectivity index (χ1n) is 8.44. The number of benzene rings is 1. The molecular formula is C20H24N2O2. The second-order valence-corrected chi connectivity index (χ2v) is 6.49. The van der Waals surface area contributed by atoms with Gasteiger partial charge in [-0.3, -0.25) is 4.79 Å². The third-order valence-electron chi connectivity index (χ3n) is 4.35. The van der Waals surface area contributed by atoms with Crippen LogP contribution in [-0.4, -0.2) is 21.8 Å². The summed E-state index contributed by atoms with van der Waals surface area (Å²) in [4.78, 5) is 17.8. The van der Waals surface area contributed by atoms with Crippen molar-refractivity contribution in [2.75, 3.05) is 0 Å². The highest BCUT2D eigenvalue weighted by Gasteiger charge is 2.19. The van der Waals surface area contributed by atoms with Gasteiger partial charge >= 0.3 is 0 Å². The van der Waals surface area contributed by atoms with Crippen molar-refractivity contribution in [1.29, 1.82) is 0 Å². The fourth-order valence-corrected chi connectivity index (χ4v) is 3.02. The van der Waals surface area contributed by atoms with E-state index in [1.165, 1.54) is 10.9 Å². The van der Waals surface area contributed by atoms with Crippen LogP contribution in [0.5, 0.6) is 0 Å². The lowest BCUT2D eigenvalue weighted by Crippen LogP contribution is -2.36. The Balaban J connectivity index is 1.67. The van der Waals surface area contributed by atoms with Crippen LogP contribution < -0.4 is 0 Å². The van der Waals surface area contributed by atoms with Crippen molar-refractivity contribution in [2.45, 2.75) is 46.2 Å². The van der Waals surface area contributed by atoms with Gasteiger partial charge in [-0.05, 0) is 51.0 Å². The SMILES string of the molecule is Cc1ccc(CN(C(=O)CCc2c[nH]c3ccccc23)C(C)C)o1. The zero-order valence-electron chi connectivity index (χ0n) is 14.5. The highest BCUT2D eigenvalue weighted by Crippen LogP contribution is 2.20. The predicted molar refractivity (Wildman–Crippen MR) is 95.8 cm³/mol. The van der Waals surface area contributed by atoms with Gasteiger partial charge in [0.05, 0.1) is 6.54 Å². The zero-order valence-corrected chi connectivity index (χ0v) is 14.5. The monoisotopic (exact) mass is 324 g/mol. The first-order valence-corrected chi connectivity index (χ1v) is 8.44. The molecule has 0 bridgehead atoms. The quantitative estimate of drug-likeness (QED) is 0.729. The van der Waals surface area contributed by atoms with Gasteiger partial charge < -0.3 is 14.3 Å². The molecule has 1 amide bonds. The third kappa shape index (κ3) is 3.53. The number of nitrogens with one attached hydrogen (secondary N) is 1. The molecule has 0 atom stereocenters. The van der Waals surface area contributed by atoms with E-state index >= 15 is 0 Å². The summed E-state index contributed by atoms with van der Waals surface area (Å²) in [7, 11) is 0. The van der Waals surface area contributed by atoms with Gasteiger partial charge in [0.25, 0.3) is 0 Å². The first-order chi connectivity index (χ1) is 11.5. The Morgan fingerprint density at radius 1 is 1.21 bits per heavy atom.